The molecule has 0 spiro atoms. The number of nitrogens with one attached hydrogen (secondary N) is 7. The molecule has 1 aliphatic carbocycles. The number of fused-ring (bicyclic) bond motifs is 7. The maximum Gasteiger partial charge on any atom is 0.160 e. The molecule has 87 heavy (non-hydrogen) atoms. The SMILES string of the molecule is CC(C)c1n[nH]c2c1CCCC2.CC(C)c1n[nH]c2c1CCOC2.CC(C)c1n[nH]c2c1CCS(=O)(=O)C2.CC(C)c1n[nH]c2c1COC2.CC(C)c1n[nH]c2c1COCC2.CC(C)c1n[nH]c2c1COCCC2.CC(C)c1n[nH]c2c1CS(=O)(=O)C2. The topological polar surface area (TPSA) is 306 Å². The van der Waals surface area contributed by atoms with Gasteiger partial charge >= 0.3 is 0 Å². The monoisotopic (exact) mass is 1240 g/mol. The highest BCUT2D eigenvalue weighted by molar-refractivity contribution is 7.90. The summed E-state index contributed by atoms with van der Waals surface area (Å²) in [5.74, 6) is 3.89. The summed E-state index contributed by atoms with van der Waals surface area (Å²) in [6.07, 6.45) is 9.89. The Hall–Kier alpha value is -5.79. The van der Waals surface area contributed by atoms with E-state index >= 15 is 0 Å². The zero-order valence-electron chi connectivity index (χ0n) is 54.1. The molecule has 0 atom stereocenters. The first-order chi connectivity index (χ1) is 41.4. The Balaban J connectivity index is 0.000000132. The lowest BCUT2D eigenvalue weighted by atomic mass is 9.93. The van der Waals surface area contributed by atoms with Gasteiger partial charge in [0.15, 0.2) is 19.7 Å². The summed E-state index contributed by atoms with van der Waals surface area (Å²) in [6, 6.07) is 0. The number of aryl methyl sites for hydroxylation is 2. The lowest BCUT2D eigenvalue weighted by molar-refractivity contribution is 0.108. The lowest BCUT2D eigenvalue weighted by Crippen LogP contribution is -2.19. The van der Waals surface area contributed by atoms with Crippen LogP contribution < -0.4 is 0 Å². The molecule has 0 saturated heterocycles. The standard InChI is InChI=1S/C10H16N2O.C10H16N2.C9H14N2O2S.2C9H14N2O.C8H12N2O2S.C8H12N2O/c1-7(2)10-8-6-13-5-3-4-9(8)11-12-10;1-7(2)10-8-5-3-4-6-9(8)11-12-10;1-6(2)9-7-3-4-14(12,13)5-8(7)10-11-9;1-6(2)9-7-5-12-4-3-8(7)10-11-9;1-6(2)9-7-3-4-12-5-8(7)10-11-9;1-5(2)8-6-3-13(11,12)4-7(6)9-10-8;1-5(2)8-6-3-11-4-7(6)9-10-8/h7H,3-6H2,1-2H3,(H,11,12);7H,3-6H2,1-2H3,(H,11,12);6H,3-5H2,1-2H3,(H,10,11);2*6H,3-5H2,1-2H3,(H,10,11);5H,3-4H2,1-2H3,(H,9,10);5H,3-4H2,1-2H3,(H,9,10). The van der Waals surface area contributed by atoms with Crippen LogP contribution in [0.4, 0.5) is 0 Å². The first kappa shape index (κ1) is 67.1. The van der Waals surface area contributed by atoms with E-state index in [1.165, 1.54) is 99.1 Å². The van der Waals surface area contributed by atoms with Crippen LogP contribution in [0.15, 0.2) is 0 Å². The zero-order valence-corrected chi connectivity index (χ0v) is 55.7. The van der Waals surface area contributed by atoms with Crippen molar-refractivity contribution in [3.8, 4) is 0 Å². The Bertz CT molecular complexity index is 3410. The third-order valence-corrected chi connectivity index (χ3v) is 19.5. The fourth-order valence-corrected chi connectivity index (χ4v) is 14.8. The number of hydrogen-bond acceptors (Lipinski definition) is 15. The molecule has 480 valence electrons. The Labute approximate surface area is 515 Å². The van der Waals surface area contributed by atoms with Gasteiger partial charge in [-0.05, 0) is 104 Å². The van der Waals surface area contributed by atoms with E-state index in [4.69, 9.17) is 18.9 Å². The number of nitrogens with zero attached hydrogens (tertiary/aromatic N) is 7. The largest absolute Gasteiger partial charge is 0.377 e. The van der Waals surface area contributed by atoms with Crippen LogP contribution in [0, 0.1) is 0 Å². The second kappa shape index (κ2) is 30.1. The summed E-state index contributed by atoms with van der Waals surface area (Å²) in [5, 5.41) is 50.8. The minimum Gasteiger partial charge on any atom is -0.377 e. The Kier molecular flexibility index (Phi) is 23.3. The molecule has 0 bridgehead atoms. The normalized spacial score (nSPS) is 17.5. The number of aromatic amines is 7. The van der Waals surface area contributed by atoms with Gasteiger partial charge in [0.2, 0.25) is 0 Å². The second-order valence-corrected chi connectivity index (χ2v) is 30.1. The van der Waals surface area contributed by atoms with Crippen LogP contribution in [0.2, 0.25) is 0 Å². The lowest BCUT2D eigenvalue weighted by Gasteiger charge is -2.13. The number of ether oxygens (including phenoxy) is 4. The fourth-order valence-electron chi connectivity index (χ4n) is 12.0. The molecule has 24 heteroatoms. The smallest absolute Gasteiger partial charge is 0.160 e. The summed E-state index contributed by atoms with van der Waals surface area (Å²) in [7, 11) is -5.77. The summed E-state index contributed by atoms with van der Waals surface area (Å²) in [4.78, 5) is 0. The van der Waals surface area contributed by atoms with E-state index < -0.39 is 19.7 Å². The Morgan fingerprint density at radius 3 is 1.14 bits per heavy atom. The molecule has 13 heterocycles. The molecule has 0 unspecified atom stereocenters. The number of hydrogen-bond donors (Lipinski definition) is 7. The minimum atomic E-state index is -2.89. The molecule has 14 rings (SSSR count). The van der Waals surface area contributed by atoms with Crippen molar-refractivity contribution in [2.24, 2.45) is 0 Å². The average molecular weight is 1240 g/mol. The van der Waals surface area contributed by atoms with Crippen molar-refractivity contribution >= 4 is 19.7 Å². The first-order valence-corrected chi connectivity index (χ1v) is 35.2. The number of aromatic nitrogens is 14. The molecule has 7 N–H and O–H groups in total. The third kappa shape index (κ3) is 17.1. The summed E-state index contributed by atoms with van der Waals surface area (Å²) < 4.78 is 66.7. The molecule has 7 aromatic heterocycles. The molecular weight excluding hydrogens is 1140 g/mol. The summed E-state index contributed by atoms with van der Waals surface area (Å²) in [5.41, 5.74) is 24.6. The van der Waals surface area contributed by atoms with Crippen LogP contribution in [0.25, 0.3) is 0 Å². The molecule has 6 aliphatic heterocycles. The molecule has 7 aliphatic rings. The predicted molar refractivity (Wildman–Crippen MR) is 336 cm³/mol. The van der Waals surface area contributed by atoms with Gasteiger partial charge in [-0.2, -0.15) is 35.7 Å². The Morgan fingerprint density at radius 2 is 0.609 bits per heavy atom. The van der Waals surface area contributed by atoms with Crippen LogP contribution in [-0.4, -0.2) is 114 Å². The molecule has 0 amide bonds. The minimum absolute atomic E-state index is 0.127. The highest BCUT2D eigenvalue weighted by Gasteiger charge is 2.31. The molecule has 0 aromatic carbocycles. The van der Waals surface area contributed by atoms with Crippen molar-refractivity contribution in [2.75, 3.05) is 25.6 Å². The van der Waals surface area contributed by atoms with Gasteiger partial charge in [-0.15, -0.1) is 0 Å². The van der Waals surface area contributed by atoms with Crippen molar-refractivity contribution in [2.45, 2.75) is 246 Å². The average Bonchev–Trinajstić information content (AvgIpc) is 2.66. The van der Waals surface area contributed by atoms with Crippen molar-refractivity contribution in [1.29, 1.82) is 0 Å². The molecule has 22 nitrogen and oxygen atoms in total. The van der Waals surface area contributed by atoms with E-state index in [2.05, 4.69) is 154 Å². The van der Waals surface area contributed by atoms with Crippen LogP contribution in [0.3, 0.4) is 0 Å². The van der Waals surface area contributed by atoms with Gasteiger partial charge < -0.3 is 18.9 Å². The maximum atomic E-state index is 11.3. The molecule has 0 radical (unpaired) electrons. The summed E-state index contributed by atoms with van der Waals surface area (Å²) in [6.45, 7) is 36.0. The van der Waals surface area contributed by atoms with Crippen molar-refractivity contribution in [1.82, 2.24) is 71.4 Å². The Morgan fingerprint density at radius 1 is 0.287 bits per heavy atom. The number of sulfone groups is 2. The summed E-state index contributed by atoms with van der Waals surface area (Å²) >= 11 is 0. The van der Waals surface area contributed by atoms with Gasteiger partial charge in [0.25, 0.3) is 0 Å². The maximum absolute atomic E-state index is 11.3. The van der Waals surface area contributed by atoms with E-state index in [0.29, 0.717) is 55.1 Å². The van der Waals surface area contributed by atoms with E-state index in [0.717, 1.165) is 111 Å². The molecule has 7 aromatic rings. The second-order valence-electron chi connectivity index (χ2n) is 25.9. The first-order valence-electron chi connectivity index (χ1n) is 31.6. The highest BCUT2D eigenvalue weighted by atomic mass is 32.2. The van der Waals surface area contributed by atoms with Crippen molar-refractivity contribution < 1.29 is 35.8 Å². The van der Waals surface area contributed by atoms with Crippen LogP contribution >= 0.6 is 0 Å². The highest BCUT2D eigenvalue weighted by Crippen LogP contribution is 2.32. The van der Waals surface area contributed by atoms with Gasteiger partial charge in [-0.1, -0.05) is 96.9 Å². The van der Waals surface area contributed by atoms with Gasteiger partial charge in [0.05, 0.1) is 132 Å². The van der Waals surface area contributed by atoms with E-state index in [1.54, 1.807) is 0 Å². The van der Waals surface area contributed by atoms with E-state index in [1.807, 2.05) is 13.8 Å². The molecule has 0 saturated carbocycles. The fraction of sp³-hybridized carbons (Fsp3) is 0.667. The third-order valence-electron chi connectivity index (χ3n) is 16.5. The van der Waals surface area contributed by atoms with Gasteiger partial charge in [-0.25, -0.2) is 16.8 Å². The number of rotatable bonds is 7. The van der Waals surface area contributed by atoms with Crippen molar-refractivity contribution in [3.05, 3.63) is 119 Å². The van der Waals surface area contributed by atoms with Gasteiger partial charge in [0, 0.05) is 57.9 Å². The van der Waals surface area contributed by atoms with Crippen LogP contribution in [0.5, 0.6) is 0 Å². The van der Waals surface area contributed by atoms with Crippen molar-refractivity contribution in [3.63, 3.8) is 0 Å². The van der Waals surface area contributed by atoms with Crippen LogP contribution in [0.1, 0.15) is 276 Å². The van der Waals surface area contributed by atoms with Crippen LogP contribution in [-0.2, 0) is 127 Å². The zero-order chi connectivity index (χ0) is 62.7. The van der Waals surface area contributed by atoms with Gasteiger partial charge in [-0.3, -0.25) is 35.7 Å². The van der Waals surface area contributed by atoms with E-state index in [9.17, 15) is 16.8 Å². The predicted octanol–water partition coefficient (Wildman–Crippen LogP) is 11.1. The molecular formula is C63H98N14O8S2. The quantitative estimate of drug-likeness (QED) is 0.0780. The number of H-pyrrole nitrogens is 7. The van der Waals surface area contributed by atoms with Gasteiger partial charge in [0.1, 0.15) is 0 Å². The molecule has 0 fully saturated rings. The van der Waals surface area contributed by atoms with E-state index in [-0.39, 0.29) is 28.9 Å².